The summed E-state index contributed by atoms with van der Waals surface area (Å²) in [5.74, 6) is -0.677. The van der Waals surface area contributed by atoms with Gasteiger partial charge in [0.1, 0.15) is 11.5 Å². The molecule has 7 heteroatoms. The number of carbonyl (C=O) groups excluding carboxylic acids is 2. The molecule has 1 amide bonds. The van der Waals surface area contributed by atoms with Crippen molar-refractivity contribution in [3.05, 3.63) is 57.8 Å². The number of Topliss-reactive ketones (excluding diaryl/α,β-unsaturated/α-hetero) is 1. The van der Waals surface area contributed by atoms with Gasteiger partial charge in [0.05, 0.1) is 17.7 Å². The Balaban J connectivity index is 1.98. The van der Waals surface area contributed by atoms with Crippen LogP contribution in [0.5, 0.6) is 5.75 Å². The number of ketones is 1. The van der Waals surface area contributed by atoms with Crippen LogP contribution in [-0.4, -0.2) is 58.9 Å². The standard InChI is InChI=1S/C24H30N2O4S/c1-5-25(6-2)13-14-26-21(19-8-7-15-31-19)20(23(28)24(26)29)22(27)17-9-11-18(12-10-17)30-16(3)4/h7-12,15-16,21,27H,5-6,13-14H2,1-4H3/t21-/m0/s1. The summed E-state index contributed by atoms with van der Waals surface area (Å²) in [6, 6.07) is 10.1. The summed E-state index contributed by atoms with van der Waals surface area (Å²) in [4.78, 5) is 30.6. The third kappa shape index (κ3) is 4.99. The first kappa shape index (κ1) is 23.0. The van der Waals surface area contributed by atoms with Crippen LogP contribution in [0.1, 0.15) is 44.2 Å². The van der Waals surface area contributed by atoms with Crippen LogP contribution < -0.4 is 4.74 Å². The number of ether oxygens (including phenoxy) is 1. The summed E-state index contributed by atoms with van der Waals surface area (Å²) in [7, 11) is 0. The quantitative estimate of drug-likeness (QED) is 0.356. The van der Waals surface area contributed by atoms with Crippen molar-refractivity contribution in [1.82, 2.24) is 9.80 Å². The Morgan fingerprint density at radius 1 is 1.16 bits per heavy atom. The van der Waals surface area contributed by atoms with Gasteiger partial charge in [0.25, 0.3) is 11.7 Å². The molecule has 1 atom stereocenters. The molecule has 0 saturated carbocycles. The fourth-order valence-electron chi connectivity index (χ4n) is 3.76. The number of amides is 1. The fourth-order valence-corrected chi connectivity index (χ4v) is 4.61. The third-order valence-electron chi connectivity index (χ3n) is 5.40. The lowest BCUT2D eigenvalue weighted by Gasteiger charge is -2.27. The highest BCUT2D eigenvalue weighted by Gasteiger charge is 2.46. The van der Waals surface area contributed by atoms with E-state index in [2.05, 4.69) is 18.7 Å². The van der Waals surface area contributed by atoms with Crippen LogP contribution in [0.25, 0.3) is 5.76 Å². The Bertz CT molecular complexity index is 931. The van der Waals surface area contributed by atoms with Gasteiger partial charge < -0.3 is 19.6 Å². The van der Waals surface area contributed by atoms with E-state index in [0.717, 1.165) is 18.0 Å². The molecule has 3 rings (SSSR count). The molecule has 31 heavy (non-hydrogen) atoms. The summed E-state index contributed by atoms with van der Waals surface area (Å²) in [6.45, 7) is 10.9. The van der Waals surface area contributed by atoms with Crippen molar-refractivity contribution < 1.29 is 19.4 Å². The lowest BCUT2D eigenvalue weighted by molar-refractivity contribution is -0.140. The number of thiophene rings is 1. The molecule has 1 fully saturated rings. The highest BCUT2D eigenvalue weighted by Crippen LogP contribution is 2.41. The second kappa shape index (κ2) is 10.1. The van der Waals surface area contributed by atoms with E-state index in [1.165, 1.54) is 11.3 Å². The highest BCUT2D eigenvalue weighted by molar-refractivity contribution is 7.10. The lowest BCUT2D eigenvalue weighted by Crippen LogP contribution is -2.37. The molecule has 1 aromatic heterocycles. The molecule has 166 valence electrons. The van der Waals surface area contributed by atoms with E-state index in [9.17, 15) is 14.7 Å². The van der Waals surface area contributed by atoms with E-state index >= 15 is 0 Å². The molecule has 0 radical (unpaired) electrons. The number of nitrogens with zero attached hydrogens (tertiary/aromatic N) is 2. The summed E-state index contributed by atoms with van der Waals surface area (Å²) < 4.78 is 5.66. The van der Waals surface area contributed by atoms with Gasteiger partial charge in [-0.3, -0.25) is 9.59 Å². The molecule has 1 aromatic carbocycles. The van der Waals surface area contributed by atoms with Crippen LogP contribution in [0.15, 0.2) is 47.4 Å². The van der Waals surface area contributed by atoms with Crippen molar-refractivity contribution in [2.24, 2.45) is 0 Å². The van der Waals surface area contributed by atoms with Crippen molar-refractivity contribution in [2.75, 3.05) is 26.2 Å². The van der Waals surface area contributed by atoms with Crippen LogP contribution in [0, 0.1) is 0 Å². The molecular weight excluding hydrogens is 412 g/mol. The molecule has 1 saturated heterocycles. The molecule has 2 heterocycles. The Hall–Kier alpha value is -2.64. The Labute approximate surface area is 187 Å². The molecule has 0 aliphatic carbocycles. The normalized spacial score (nSPS) is 18.4. The van der Waals surface area contributed by atoms with Gasteiger partial charge in [0.15, 0.2) is 0 Å². The number of hydrogen-bond donors (Lipinski definition) is 1. The van der Waals surface area contributed by atoms with Gasteiger partial charge in [-0.15, -0.1) is 11.3 Å². The minimum Gasteiger partial charge on any atom is -0.507 e. The molecule has 6 nitrogen and oxygen atoms in total. The van der Waals surface area contributed by atoms with Gasteiger partial charge in [-0.05, 0) is 62.6 Å². The van der Waals surface area contributed by atoms with Crippen molar-refractivity contribution in [3.8, 4) is 5.75 Å². The van der Waals surface area contributed by atoms with Crippen molar-refractivity contribution in [1.29, 1.82) is 0 Å². The molecular formula is C24H30N2O4S. The van der Waals surface area contributed by atoms with Gasteiger partial charge in [-0.1, -0.05) is 19.9 Å². The monoisotopic (exact) mass is 442 g/mol. The van der Waals surface area contributed by atoms with Crippen molar-refractivity contribution in [3.63, 3.8) is 0 Å². The van der Waals surface area contributed by atoms with Crippen molar-refractivity contribution >= 4 is 28.8 Å². The topological polar surface area (TPSA) is 70.1 Å². The Kier molecular flexibility index (Phi) is 7.51. The SMILES string of the molecule is CCN(CC)CCN1C(=O)C(=O)C(=C(O)c2ccc(OC(C)C)cc2)[C@@H]1c1cccs1. The van der Waals surface area contributed by atoms with E-state index in [1.54, 1.807) is 29.2 Å². The first-order valence-corrected chi connectivity index (χ1v) is 11.6. The molecule has 0 bridgehead atoms. The summed E-state index contributed by atoms with van der Waals surface area (Å²) in [6.07, 6.45) is 0.0365. The van der Waals surface area contributed by atoms with Gasteiger partial charge in [-0.25, -0.2) is 0 Å². The first-order chi connectivity index (χ1) is 14.9. The number of carbonyl (C=O) groups is 2. The minimum atomic E-state index is -0.641. The molecule has 1 aliphatic rings. The number of benzene rings is 1. The van der Waals surface area contributed by atoms with Crippen molar-refractivity contribution in [2.45, 2.75) is 39.8 Å². The molecule has 0 unspecified atom stereocenters. The number of rotatable bonds is 9. The van der Waals surface area contributed by atoms with Crippen LogP contribution in [0.4, 0.5) is 0 Å². The van der Waals surface area contributed by atoms with Crippen LogP contribution in [0.3, 0.4) is 0 Å². The Morgan fingerprint density at radius 2 is 1.84 bits per heavy atom. The van der Waals surface area contributed by atoms with E-state index in [1.807, 2.05) is 31.4 Å². The fraction of sp³-hybridized carbons (Fsp3) is 0.417. The maximum absolute atomic E-state index is 13.0. The zero-order chi connectivity index (χ0) is 22.5. The number of likely N-dealkylation sites (tertiary alicyclic amines) is 1. The average molecular weight is 443 g/mol. The zero-order valence-electron chi connectivity index (χ0n) is 18.5. The van der Waals surface area contributed by atoms with Crippen LogP contribution >= 0.6 is 11.3 Å². The minimum absolute atomic E-state index is 0.0365. The number of aliphatic hydroxyl groups is 1. The Morgan fingerprint density at radius 3 is 2.39 bits per heavy atom. The molecule has 2 aromatic rings. The predicted octanol–water partition coefficient (Wildman–Crippen LogP) is 4.30. The largest absolute Gasteiger partial charge is 0.507 e. The number of hydrogen-bond acceptors (Lipinski definition) is 6. The first-order valence-electron chi connectivity index (χ1n) is 10.7. The molecule has 1 N–H and O–H groups in total. The van der Waals surface area contributed by atoms with Crippen LogP contribution in [0.2, 0.25) is 0 Å². The second-order valence-corrected chi connectivity index (χ2v) is 8.71. The summed E-state index contributed by atoms with van der Waals surface area (Å²) in [5.41, 5.74) is 0.629. The van der Waals surface area contributed by atoms with Gasteiger partial charge in [0.2, 0.25) is 0 Å². The summed E-state index contributed by atoms with van der Waals surface area (Å²) in [5, 5.41) is 13.0. The van der Waals surface area contributed by atoms with Gasteiger partial charge >= 0.3 is 0 Å². The zero-order valence-corrected chi connectivity index (χ0v) is 19.3. The second-order valence-electron chi connectivity index (χ2n) is 7.73. The summed E-state index contributed by atoms with van der Waals surface area (Å²) >= 11 is 1.47. The van der Waals surface area contributed by atoms with E-state index in [4.69, 9.17) is 4.74 Å². The van der Waals surface area contributed by atoms with E-state index in [0.29, 0.717) is 24.4 Å². The maximum Gasteiger partial charge on any atom is 0.295 e. The predicted molar refractivity (Wildman–Crippen MR) is 123 cm³/mol. The molecule has 1 aliphatic heterocycles. The van der Waals surface area contributed by atoms with Gasteiger partial charge in [-0.2, -0.15) is 0 Å². The highest BCUT2D eigenvalue weighted by atomic mass is 32.1. The average Bonchev–Trinajstić information content (AvgIpc) is 3.36. The lowest BCUT2D eigenvalue weighted by atomic mass is 10.00. The smallest absolute Gasteiger partial charge is 0.295 e. The molecule has 0 spiro atoms. The number of likely N-dealkylation sites (N-methyl/N-ethyl adjacent to an activating group) is 1. The number of aliphatic hydroxyl groups excluding tert-OH is 1. The van der Waals surface area contributed by atoms with E-state index in [-0.39, 0.29) is 17.4 Å². The third-order valence-corrected chi connectivity index (χ3v) is 6.33. The van der Waals surface area contributed by atoms with Gasteiger partial charge in [0, 0.05) is 23.5 Å². The van der Waals surface area contributed by atoms with E-state index < -0.39 is 17.7 Å². The maximum atomic E-state index is 13.0. The van der Waals surface area contributed by atoms with Crippen LogP contribution in [-0.2, 0) is 9.59 Å².